The summed E-state index contributed by atoms with van der Waals surface area (Å²) in [6.07, 6.45) is 0.739. The lowest BCUT2D eigenvalue weighted by atomic mass is 9.97. The van der Waals surface area contributed by atoms with Gasteiger partial charge in [0.15, 0.2) is 5.78 Å². The molecule has 3 aromatic rings. The fourth-order valence-electron chi connectivity index (χ4n) is 3.81. The number of fused-ring (bicyclic) bond motifs is 1. The molecule has 2 aromatic carbocycles. The van der Waals surface area contributed by atoms with Crippen molar-refractivity contribution in [2.75, 3.05) is 7.11 Å². The molecule has 0 amide bonds. The quantitative estimate of drug-likeness (QED) is 0.627. The molecule has 0 aliphatic carbocycles. The third kappa shape index (κ3) is 4.15. The highest BCUT2D eigenvalue weighted by Crippen LogP contribution is 2.32. The number of rotatable bonds is 6. The van der Waals surface area contributed by atoms with Crippen LogP contribution in [0, 0.1) is 13.8 Å². The van der Waals surface area contributed by atoms with Crippen molar-refractivity contribution in [2.45, 2.75) is 40.7 Å². The number of hydrogen-bond acceptors (Lipinski definition) is 4. The number of Topliss-reactive ketones (excluding diaryl/α,β-unsaturated/α-hetero) is 1. The topological polar surface area (TPSA) is 74.3 Å². The van der Waals surface area contributed by atoms with Gasteiger partial charge in [-0.2, -0.15) is 0 Å². The molecule has 156 valence electrons. The molecule has 30 heavy (non-hydrogen) atoms. The summed E-state index contributed by atoms with van der Waals surface area (Å²) in [7, 11) is 1.55. The second-order valence-electron chi connectivity index (χ2n) is 7.75. The molecule has 0 unspecified atom stereocenters. The van der Waals surface area contributed by atoms with E-state index in [-0.39, 0.29) is 11.3 Å². The van der Waals surface area contributed by atoms with Gasteiger partial charge in [0, 0.05) is 35.0 Å². The van der Waals surface area contributed by atoms with Crippen LogP contribution in [0.3, 0.4) is 0 Å². The molecule has 0 radical (unpaired) electrons. The molecule has 0 aliphatic rings. The largest absolute Gasteiger partial charge is 0.496 e. The summed E-state index contributed by atoms with van der Waals surface area (Å²) in [5.41, 5.74) is 11.3. The molecule has 3 rings (SSSR count). The van der Waals surface area contributed by atoms with Crippen LogP contribution < -0.4 is 16.0 Å². The van der Waals surface area contributed by atoms with Crippen LogP contribution >= 0.6 is 0 Å². The Morgan fingerprint density at radius 3 is 2.30 bits per heavy atom. The number of nitrogens with zero attached hydrogens (tertiary/aromatic N) is 1. The Morgan fingerprint density at radius 2 is 1.73 bits per heavy atom. The molecule has 0 bridgehead atoms. The second-order valence-corrected chi connectivity index (χ2v) is 7.75. The molecule has 0 spiro atoms. The minimum absolute atomic E-state index is 0.0262. The van der Waals surface area contributed by atoms with E-state index in [2.05, 4.69) is 31.2 Å². The first-order valence-electron chi connectivity index (χ1n) is 9.98. The van der Waals surface area contributed by atoms with Crippen LogP contribution in [-0.2, 0) is 17.8 Å². The maximum atomic E-state index is 12.9. The van der Waals surface area contributed by atoms with E-state index in [1.807, 2.05) is 25.1 Å². The Hall–Kier alpha value is -3.34. The predicted octanol–water partition coefficient (Wildman–Crippen LogP) is 4.15. The van der Waals surface area contributed by atoms with E-state index in [1.165, 1.54) is 18.1 Å². The number of carbonyl (C=O) groups is 1. The van der Waals surface area contributed by atoms with Crippen LogP contribution in [-0.4, -0.2) is 17.5 Å². The van der Waals surface area contributed by atoms with Gasteiger partial charge >= 0.3 is 0 Å². The minimum atomic E-state index is -0.128. The van der Waals surface area contributed by atoms with Crippen LogP contribution in [0.4, 0.5) is 0 Å². The summed E-state index contributed by atoms with van der Waals surface area (Å²) < 4.78 is 7.36. The van der Waals surface area contributed by atoms with Crippen LogP contribution in [0.15, 0.2) is 53.0 Å². The van der Waals surface area contributed by atoms with Crippen molar-refractivity contribution in [3.05, 3.63) is 80.8 Å². The Balaban J connectivity index is 2.17. The molecule has 5 heteroatoms. The number of nitrogens with two attached hydrogens (primary N) is 1. The first-order valence-corrected chi connectivity index (χ1v) is 9.98. The van der Waals surface area contributed by atoms with Crippen molar-refractivity contribution in [3.63, 3.8) is 0 Å². The summed E-state index contributed by atoms with van der Waals surface area (Å²) in [6, 6.07) is 13.9. The van der Waals surface area contributed by atoms with E-state index >= 15 is 0 Å². The fourth-order valence-corrected chi connectivity index (χ4v) is 3.81. The number of ketones is 1. The summed E-state index contributed by atoms with van der Waals surface area (Å²) in [5, 5.41) is 0.867. The highest BCUT2D eigenvalue weighted by Gasteiger charge is 2.18. The third-order valence-electron chi connectivity index (χ3n) is 5.35. The monoisotopic (exact) mass is 404 g/mol. The number of benzene rings is 2. The minimum Gasteiger partial charge on any atom is -0.496 e. The Labute approximate surface area is 176 Å². The standard InChI is InChI=1S/C25H28N2O3/c1-15-6-8-19(9-7-15)10-11-27-22-14-23(30-5)21(24(17(3)26)18(4)28)13-20(22)12-16(2)25(27)29/h6-9,12-14H,10-11,26H2,1-5H3. The zero-order valence-electron chi connectivity index (χ0n) is 18.2. The molecular weight excluding hydrogens is 376 g/mol. The molecule has 1 aromatic heterocycles. The lowest BCUT2D eigenvalue weighted by molar-refractivity contribution is -0.111. The van der Waals surface area contributed by atoms with Gasteiger partial charge in [0.1, 0.15) is 5.75 Å². The van der Waals surface area contributed by atoms with E-state index in [0.717, 1.165) is 17.3 Å². The number of aryl methyl sites for hydroxylation is 4. The normalized spacial score (nSPS) is 12.0. The average Bonchev–Trinajstić information content (AvgIpc) is 2.69. The lowest BCUT2D eigenvalue weighted by Crippen LogP contribution is -2.23. The van der Waals surface area contributed by atoms with E-state index in [0.29, 0.717) is 34.7 Å². The maximum absolute atomic E-state index is 12.9. The van der Waals surface area contributed by atoms with Crippen LogP contribution in [0.25, 0.3) is 16.5 Å². The Bertz CT molecular complexity index is 1200. The maximum Gasteiger partial charge on any atom is 0.253 e. The van der Waals surface area contributed by atoms with Crippen molar-refractivity contribution in [1.82, 2.24) is 4.57 Å². The zero-order chi connectivity index (χ0) is 22.0. The molecular formula is C25H28N2O3. The summed E-state index contributed by atoms with van der Waals surface area (Å²) in [6.45, 7) is 7.61. The van der Waals surface area contributed by atoms with Crippen molar-refractivity contribution >= 4 is 22.3 Å². The summed E-state index contributed by atoms with van der Waals surface area (Å²) in [4.78, 5) is 25.1. The number of pyridine rings is 1. The van der Waals surface area contributed by atoms with E-state index in [1.54, 1.807) is 18.6 Å². The summed E-state index contributed by atoms with van der Waals surface area (Å²) in [5.74, 6) is 0.391. The number of methoxy groups -OCH3 is 1. The average molecular weight is 405 g/mol. The highest BCUT2D eigenvalue weighted by molar-refractivity contribution is 6.21. The van der Waals surface area contributed by atoms with Crippen molar-refractivity contribution in [3.8, 4) is 5.75 Å². The predicted molar refractivity (Wildman–Crippen MR) is 122 cm³/mol. The molecule has 5 nitrogen and oxygen atoms in total. The fraction of sp³-hybridized carbons (Fsp3) is 0.280. The molecule has 1 heterocycles. The van der Waals surface area contributed by atoms with E-state index in [9.17, 15) is 9.59 Å². The van der Waals surface area contributed by atoms with Gasteiger partial charge in [0.2, 0.25) is 0 Å². The number of aromatic nitrogens is 1. The van der Waals surface area contributed by atoms with Crippen molar-refractivity contribution < 1.29 is 9.53 Å². The van der Waals surface area contributed by atoms with Gasteiger partial charge in [0.25, 0.3) is 5.56 Å². The van der Waals surface area contributed by atoms with Gasteiger partial charge in [-0.15, -0.1) is 0 Å². The van der Waals surface area contributed by atoms with Crippen LogP contribution in [0.1, 0.15) is 36.1 Å². The molecule has 0 aliphatic heterocycles. The first-order chi connectivity index (χ1) is 14.2. The number of ether oxygens (including phenoxy) is 1. The van der Waals surface area contributed by atoms with Gasteiger partial charge in [-0.25, -0.2) is 0 Å². The van der Waals surface area contributed by atoms with Gasteiger partial charge < -0.3 is 15.0 Å². The van der Waals surface area contributed by atoms with Gasteiger partial charge in [0.05, 0.1) is 12.6 Å². The van der Waals surface area contributed by atoms with Crippen LogP contribution in [0.5, 0.6) is 5.75 Å². The second kappa shape index (κ2) is 8.57. The molecule has 2 N–H and O–H groups in total. The Kier molecular flexibility index (Phi) is 6.11. The number of allylic oxidation sites excluding steroid dienone is 2. The van der Waals surface area contributed by atoms with Gasteiger partial charge in [-0.1, -0.05) is 29.8 Å². The molecule has 0 atom stereocenters. The third-order valence-corrected chi connectivity index (χ3v) is 5.35. The first kappa shape index (κ1) is 21.4. The SMILES string of the molecule is COc1cc2c(cc1C(C(C)=O)=C(C)N)cc(C)c(=O)n2CCc1ccc(C)cc1. The van der Waals surface area contributed by atoms with Crippen molar-refractivity contribution in [2.24, 2.45) is 5.73 Å². The Morgan fingerprint density at radius 1 is 1.07 bits per heavy atom. The molecule has 0 fully saturated rings. The lowest BCUT2D eigenvalue weighted by Gasteiger charge is -2.17. The van der Waals surface area contributed by atoms with Crippen molar-refractivity contribution in [1.29, 1.82) is 0 Å². The van der Waals surface area contributed by atoms with Gasteiger partial charge in [-0.05, 0) is 57.2 Å². The molecule has 0 saturated heterocycles. The van der Waals surface area contributed by atoms with E-state index < -0.39 is 0 Å². The number of hydrogen-bond donors (Lipinski definition) is 1. The van der Waals surface area contributed by atoms with Crippen LogP contribution in [0.2, 0.25) is 0 Å². The summed E-state index contributed by atoms with van der Waals surface area (Å²) >= 11 is 0. The molecule has 0 saturated carbocycles. The number of carbonyl (C=O) groups excluding carboxylic acids is 1. The highest BCUT2D eigenvalue weighted by atomic mass is 16.5. The smallest absolute Gasteiger partial charge is 0.253 e. The zero-order valence-corrected chi connectivity index (χ0v) is 18.2. The van der Waals surface area contributed by atoms with Gasteiger partial charge in [-0.3, -0.25) is 9.59 Å². The van der Waals surface area contributed by atoms with E-state index in [4.69, 9.17) is 10.5 Å².